The van der Waals surface area contributed by atoms with Gasteiger partial charge in [0.25, 0.3) is 0 Å². The molecule has 0 aliphatic rings. The molecule has 0 saturated heterocycles. The van der Waals surface area contributed by atoms with Crippen molar-refractivity contribution in [2.24, 2.45) is 0 Å². The maximum Gasteiger partial charge on any atom is 0.302 e. The lowest BCUT2D eigenvalue weighted by atomic mass is 10.5. The van der Waals surface area contributed by atoms with Gasteiger partial charge in [0, 0.05) is 6.92 Å². The van der Waals surface area contributed by atoms with Crippen molar-refractivity contribution >= 4 is 5.97 Å². The number of quaternary nitrogens is 1. The van der Waals surface area contributed by atoms with E-state index in [1.165, 1.54) is 0 Å². The van der Waals surface area contributed by atoms with Gasteiger partial charge in [0.1, 0.15) is 13.1 Å². The Hall–Kier alpha value is -0.0900. The third-order valence-corrected chi connectivity index (χ3v) is 0.473. The third kappa shape index (κ3) is 13.0. The first-order valence-corrected chi connectivity index (χ1v) is 2.51. The van der Waals surface area contributed by atoms with Crippen LogP contribution in [0.4, 0.5) is 0 Å². The highest BCUT2D eigenvalue weighted by Gasteiger charge is 2.06. The zero-order chi connectivity index (χ0) is 15.9. The van der Waals surface area contributed by atoms with Crippen molar-refractivity contribution in [2.75, 3.05) is 34.1 Å². The zero-order valence-electron chi connectivity index (χ0n) is 15.2. The number of rotatable bonds is 3. The largest absolute Gasteiger partial charge is 1.00 e. The van der Waals surface area contributed by atoms with E-state index in [0.717, 1.165) is 6.92 Å². The summed E-state index contributed by atoms with van der Waals surface area (Å²) in [4.78, 5) is 10.8. The molecule has 3 nitrogen and oxygen atoms in total. The molecule has 4 heteroatoms. The average Bonchev–Trinajstić information content (AvgIpc) is 2.11. The minimum Gasteiger partial charge on any atom is -1.00 e. The van der Waals surface area contributed by atoms with Gasteiger partial charge in [-0.1, -0.05) is 0 Å². The van der Waals surface area contributed by atoms with Crippen LogP contribution >= 0.6 is 0 Å². The van der Waals surface area contributed by atoms with Gasteiger partial charge in [-0.3, -0.25) is 4.79 Å². The number of ether oxygens (including phenoxy) is 1. The van der Waals surface area contributed by atoms with Crippen LogP contribution in [-0.2, 0) is 9.53 Å². The first kappa shape index (κ1) is 3.34. The molecule has 11 heavy (non-hydrogen) atoms. The van der Waals surface area contributed by atoms with Crippen LogP contribution in [0.5, 0.6) is 0 Å². The quantitative estimate of drug-likeness (QED) is 0.392. The number of likely N-dealkylation sites (N-methyl/N-ethyl adjacent to an activating group) is 1. The summed E-state index contributed by atoms with van der Waals surface area (Å²) in [5, 5.41) is 0. The first-order chi connectivity index (χ1) is 8.11. The number of hydrogen-bond donors (Lipinski definition) is 0. The van der Waals surface area contributed by atoms with Gasteiger partial charge in [0.05, 0.1) is 33.4 Å². The Morgan fingerprint density at radius 1 is 1.82 bits per heavy atom. The van der Waals surface area contributed by atoms with Crippen LogP contribution in [0.2, 0.25) is 0 Å². The molecule has 0 rings (SSSR count). The molecule has 1 unspecified atom stereocenters. The predicted molar refractivity (Wildman–Crippen MR) is 39.5 cm³/mol. The van der Waals surface area contributed by atoms with Crippen LogP contribution in [0.3, 0.4) is 0 Å². The summed E-state index contributed by atoms with van der Waals surface area (Å²) < 4.78 is 68.6. The lowest BCUT2D eigenvalue weighted by molar-refractivity contribution is -0.870. The van der Waals surface area contributed by atoms with Crippen molar-refractivity contribution in [3.05, 3.63) is 0 Å². The fraction of sp³-hybridized carbons (Fsp3) is 0.857. The molecule has 0 aromatic carbocycles. The van der Waals surface area contributed by atoms with Gasteiger partial charge in [0.15, 0.2) is 0 Å². The molecule has 0 fully saturated rings. The summed E-state index contributed by atoms with van der Waals surface area (Å²) in [5.41, 5.74) is 0. The second-order valence-electron chi connectivity index (χ2n) is 1.88. The summed E-state index contributed by atoms with van der Waals surface area (Å²) in [5.74, 6) is -1.14. The standard InChI is InChI=1S/C7H16NO2.BrH/c1-7(9)10-6-5-8(2,3)4;/h5-6H2,1-4H3;1H/q+1;/p-1/i2D2,3D3,5D2,6D2;. The van der Waals surface area contributed by atoms with Gasteiger partial charge in [-0.25, -0.2) is 0 Å². The van der Waals surface area contributed by atoms with Crippen LogP contribution in [0, 0.1) is 0 Å². The molecule has 0 aliphatic carbocycles. The predicted octanol–water partition coefficient (Wildman–Crippen LogP) is -2.74. The zero-order valence-corrected chi connectivity index (χ0v) is 7.81. The van der Waals surface area contributed by atoms with E-state index in [1.54, 1.807) is 0 Å². The van der Waals surface area contributed by atoms with Gasteiger partial charge in [-0.2, -0.15) is 0 Å². The Labute approximate surface area is 91.3 Å². The van der Waals surface area contributed by atoms with E-state index in [4.69, 9.17) is 12.3 Å². The minimum atomic E-state index is -3.32. The van der Waals surface area contributed by atoms with Gasteiger partial charge in [-0.15, -0.1) is 0 Å². The highest BCUT2D eigenvalue weighted by molar-refractivity contribution is 5.65. The third-order valence-electron chi connectivity index (χ3n) is 0.473. The minimum absolute atomic E-state index is 0. The lowest BCUT2D eigenvalue weighted by Gasteiger charge is -2.23. The van der Waals surface area contributed by atoms with Crippen LogP contribution < -0.4 is 17.0 Å². The fourth-order valence-corrected chi connectivity index (χ4v) is 0.190. The number of nitrogens with zero attached hydrogens (tertiary/aromatic N) is 1. The van der Waals surface area contributed by atoms with E-state index in [0.29, 0.717) is 7.05 Å². The summed E-state index contributed by atoms with van der Waals surface area (Å²) in [7, 11) is 0.707. The number of carbonyl (C=O) groups excluding carboxylic acids is 1. The van der Waals surface area contributed by atoms with Crippen LogP contribution in [0.25, 0.3) is 0 Å². The SMILES string of the molecule is [2H]C([2H])[N+](C)(C([2H])([2H])[2H])C([2H])([2H])C([2H])([2H])OC(C)=O.[Br-]. The summed E-state index contributed by atoms with van der Waals surface area (Å²) in [6, 6.07) is 0. The molecule has 68 valence electrons. The average molecular weight is 235 g/mol. The van der Waals surface area contributed by atoms with Gasteiger partial charge in [0.2, 0.25) is 0 Å². The number of carbonyl (C=O) groups is 1. The molecule has 0 saturated carbocycles. The van der Waals surface area contributed by atoms with Crippen molar-refractivity contribution in [3.8, 4) is 0 Å². The van der Waals surface area contributed by atoms with E-state index >= 15 is 0 Å². The second-order valence-corrected chi connectivity index (χ2v) is 1.88. The maximum absolute atomic E-state index is 10.8. The van der Waals surface area contributed by atoms with E-state index < -0.39 is 37.5 Å². The molecular weight excluding hydrogens is 210 g/mol. The van der Waals surface area contributed by atoms with Crippen molar-refractivity contribution in [2.45, 2.75) is 6.92 Å². The molecule has 0 bridgehead atoms. The van der Waals surface area contributed by atoms with Crippen molar-refractivity contribution in [3.63, 3.8) is 0 Å². The smallest absolute Gasteiger partial charge is 0.302 e. The van der Waals surface area contributed by atoms with Gasteiger partial charge in [-0.05, 0) is 0 Å². The van der Waals surface area contributed by atoms with Gasteiger partial charge >= 0.3 is 5.97 Å². The van der Waals surface area contributed by atoms with Crippen molar-refractivity contribution in [1.82, 2.24) is 0 Å². The van der Waals surface area contributed by atoms with E-state index in [2.05, 4.69) is 4.74 Å². The first-order valence-electron chi connectivity index (χ1n) is 7.17. The topological polar surface area (TPSA) is 26.3 Å². The van der Waals surface area contributed by atoms with Crippen LogP contribution in [-0.4, -0.2) is 44.5 Å². The molecular formula is C7H16BrNO2. The van der Waals surface area contributed by atoms with Crippen molar-refractivity contribution < 1.29 is 43.3 Å². The number of esters is 1. The number of hydrogen-bond acceptors (Lipinski definition) is 2. The number of halogens is 1. The Balaban J connectivity index is 0. The molecule has 0 N–H and O–H groups in total. The fourth-order valence-electron chi connectivity index (χ4n) is 0.190. The summed E-state index contributed by atoms with van der Waals surface area (Å²) in [6.07, 6.45) is 0. The Bertz CT molecular complexity index is 359. The Morgan fingerprint density at radius 3 is 2.82 bits per heavy atom. The highest BCUT2D eigenvalue weighted by Crippen LogP contribution is 1.88. The lowest BCUT2D eigenvalue weighted by Crippen LogP contribution is -3.00. The molecule has 1 atom stereocenters. The monoisotopic (exact) mass is 234 g/mol. The molecule has 0 aromatic heterocycles. The summed E-state index contributed by atoms with van der Waals surface area (Å²) >= 11 is 0. The normalized spacial score (nSPS) is 30.6. The molecule has 0 spiro atoms. The highest BCUT2D eigenvalue weighted by atomic mass is 79.9. The van der Waals surface area contributed by atoms with Crippen LogP contribution in [0.15, 0.2) is 0 Å². The van der Waals surface area contributed by atoms with E-state index in [1.807, 2.05) is 0 Å². The molecule has 0 aromatic rings. The van der Waals surface area contributed by atoms with Crippen LogP contribution in [0.1, 0.15) is 19.3 Å². The molecule has 0 radical (unpaired) electrons. The molecule has 0 heterocycles. The molecule has 0 aliphatic heterocycles. The summed E-state index contributed by atoms with van der Waals surface area (Å²) in [6.45, 7) is -11.2. The Kier molecular flexibility index (Phi) is 1.68. The van der Waals surface area contributed by atoms with E-state index in [-0.39, 0.29) is 17.0 Å². The molecule has 0 amide bonds. The maximum atomic E-state index is 10.8. The van der Waals surface area contributed by atoms with Gasteiger partial charge < -0.3 is 26.2 Å². The second kappa shape index (κ2) is 5.55. The Morgan fingerprint density at radius 2 is 2.45 bits per heavy atom. The van der Waals surface area contributed by atoms with Crippen molar-refractivity contribution in [1.29, 1.82) is 0 Å². The van der Waals surface area contributed by atoms with E-state index in [9.17, 15) is 4.79 Å².